The molecule has 0 aliphatic carbocycles. The van der Waals surface area contributed by atoms with Gasteiger partial charge in [-0.05, 0) is 136 Å². The summed E-state index contributed by atoms with van der Waals surface area (Å²) < 4.78 is 48.2. The highest BCUT2D eigenvalue weighted by Gasteiger charge is 1.98. The molecule has 2 nitrogen and oxygen atoms in total. The van der Waals surface area contributed by atoms with E-state index in [9.17, 15) is 17.6 Å². The van der Waals surface area contributed by atoms with Crippen molar-refractivity contribution >= 4 is 22.6 Å². The first-order chi connectivity index (χ1) is 52.4. The second-order valence-electron chi connectivity index (χ2n) is 13.7. The molecule has 2 rings (SSSR count). The van der Waals surface area contributed by atoms with Crippen molar-refractivity contribution in [1.82, 2.24) is 9.97 Å². The van der Waals surface area contributed by atoms with E-state index in [0.717, 1.165) is 30.6 Å². The van der Waals surface area contributed by atoms with Gasteiger partial charge in [-0.25, -0.2) is 18.7 Å². The molecule has 0 aliphatic heterocycles. The monoisotopic (exact) mass is 1430 g/mol. The normalized spacial score (nSPS) is 4.84. The number of nitrogens with zero attached hydrogens (tertiary/aromatic N) is 2. The standard InChI is InChI=1S/C89H4.C5H2F2IN.C5H3F2N/c1-3-5-7-9-11-13-15-17-19-21-23-25-27-29-31-33-35-37-39-41-43-45-47-49-51-53-55-57-59-61-63-65-67-69-71-73-75-77-79-81-83-85-87-89-88-86-84-82-80-78-76-74-72-70-68-66-64-62-60-58-56-54-52-50-48-46-44-42-40-38-36-34-32-30-28-26-24-22-20-18-16-14-12-10-8-6-4-2;6-3-2-9-5(7)1-4(3)8;6-4-1-2-5(7)8-3-4/h1H,2H3;1-2H;1-3H. The third-order valence-electron chi connectivity index (χ3n) is 6.91. The predicted molar refractivity (Wildman–Crippen MR) is 410 cm³/mol. The van der Waals surface area contributed by atoms with Gasteiger partial charge in [0.1, 0.15) is 5.82 Å². The summed E-state index contributed by atoms with van der Waals surface area (Å²) in [6.45, 7) is 1.68. The van der Waals surface area contributed by atoms with Gasteiger partial charge in [0.2, 0.25) is 11.9 Å². The SMILES string of the molecule is C#CC#CC#CC#CC#CC#CC#CC#CC#CC#CC#CC#CC#CC#CC#CC#CC#CC#CC#CC#CC#CC#CC#CC#CC#CC#CC#CC#CC#CC#CC#CC#CC#CC#CC#CC#CC#CC#CC#CC#CC#CC#CC#CC#CC.Fc1cc(I)c(F)cn1.Fc1ccc(F)nc1. The van der Waals surface area contributed by atoms with E-state index in [0.29, 0.717) is 0 Å². The van der Waals surface area contributed by atoms with Gasteiger partial charge in [-0.15, -0.1) is 6.42 Å². The summed E-state index contributed by atoms with van der Waals surface area (Å²) in [5.74, 6) is 215. The highest BCUT2D eigenvalue weighted by atomic mass is 127. The van der Waals surface area contributed by atoms with Crippen molar-refractivity contribution in [3.8, 4) is 522 Å². The summed E-state index contributed by atoms with van der Waals surface area (Å²) in [6, 6.07) is 3.02. The van der Waals surface area contributed by atoms with Gasteiger partial charge in [-0.1, -0.05) is 5.92 Å². The van der Waals surface area contributed by atoms with Crippen LogP contribution in [0.2, 0.25) is 0 Å². The largest absolute Gasteiger partial charge is 0.225 e. The van der Waals surface area contributed by atoms with E-state index >= 15 is 0 Å². The number of rotatable bonds is 0. The van der Waals surface area contributed by atoms with Crippen LogP contribution < -0.4 is 0 Å². The van der Waals surface area contributed by atoms with Crippen molar-refractivity contribution in [3.05, 3.63) is 57.7 Å². The second kappa shape index (κ2) is 75.1. The minimum Gasteiger partial charge on any atom is -0.225 e. The average molecular weight is 1430 g/mol. The second-order valence-corrected chi connectivity index (χ2v) is 14.9. The quantitative estimate of drug-likeness (QED) is 0.172. The van der Waals surface area contributed by atoms with Crippen LogP contribution in [0.4, 0.5) is 17.6 Å². The van der Waals surface area contributed by atoms with Crippen LogP contribution in [0.25, 0.3) is 0 Å². The average Bonchev–Trinajstić information content (AvgIpc) is 0.928. The molecule has 0 amide bonds. The molecule has 0 N–H and O–H groups in total. The van der Waals surface area contributed by atoms with Crippen molar-refractivity contribution in [1.29, 1.82) is 0 Å². The fourth-order valence-electron chi connectivity index (χ4n) is 3.44. The summed E-state index contributed by atoms with van der Waals surface area (Å²) in [5.41, 5.74) is 0. The Morgan fingerprint density at radius 3 is 0.481 bits per heavy atom. The van der Waals surface area contributed by atoms with E-state index in [1.807, 2.05) is 0 Å². The topological polar surface area (TPSA) is 25.8 Å². The Morgan fingerprint density at radius 2 is 0.368 bits per heavy atom. The lowest BCUT2D eigenvalue weighted by Crippen LogP contribution is -1.87. The van der Waals surface area contributed by atoms with E-state index in [4.69, 9.17) is 6.42 Å². The molecule has 0 aromatic carbocycles. The Balaban J connectivity index is 0.00000562. The zero-order valence-electron chi connectivity index (χ0n) is 53.2. The predicted octanol–water partition coefficient (Wildman–Crippen LogP) is 4.11. The van der Waals surface area contributed by atoms with Crippen LogP contribution >= 0.6 is 22.6 Å². The number of terminal acetylenes is 1. The maximum Gasteiger partial charge on any atom is 0.214 e. The van der Waals surface area contributed by atoms with E-state index in [1.165, 1.54) is 0 Å². The Kier molecular flexibility index (Phi) is 60.5. The lowest BCUT2D eigenvalue weighted by molar-refractivity contribution is 0.555. The minimum absolute atomic E-state index is 0.250. The number of hydrogen-bond acceptors (Lipinski definition) is 2. The molecule has 0 fully saturated rings. The van der Waals surface area contributed by atoms with Crippen molar-refractivity contribution in [3.63, 3.8) is 0 Å². The Hall–Kier alpha value is -20.6. The van der Waals surface area contributed by atoms with E-state index in [2.05, 4.69) is 525 Å². The third kappa shape index (κ3) is 72.5. The lowest BCUT2D eigenvalue weighted by atomic mass is 10.4. The number of aromatic nitrogens is 2. The van der Waals surface area contributed by atoms with Crippen LogP contribution in [0.5, 0.6) is 0 Å². The van der Waals surface area contributed by atoms with E-state index < -0.39 is 23.5 Å². The van der Waals surface area contributed by atoms with Gasteiger partial charge in [0, 0.05) is 420 Å². The Morgan fingerprint density at radius 1 is 0.217 bits per heavy atom. The van der Waals surface area contributed by atoms with Gasteiger partial charge >= 0.3 is 0 Å². The third-order valence-corrected chi connectivity index (χ3v) is 7.74. The maximum atomic E-state index is 12.3. The van der Waals surface area contributed by atoms with Crippen molar-refractivity contribution < 1.29 is 17.6 Å². The lowest BCUT2D eigenvalue weighted by Gasteiger charge is -1.90. The molecule has 0 bridgehead atoms. The van der Waals surface area contributed by atoms with E-state index in [-0.39, 0.29) is 3.57 Å². The molecular formula is C99H9F4IN2. The van der Waals surface area contributed by atoms with Gasteiger partial charge < -0.3 is 0 Å². The van der Waals surface area contributed by atoms with Crippen LogP contribution in [-0.4, -0.2) is 9.97 Å². The molecule has 450 valence electrons. The zero-order chi connectivity index (χ0) is 76.4. The summed E-state index contributed by atoms with van der Waals surface area (Å²) in [4.78, 5) is 6.13. The van der Waals surface area contributed by atoms with Crippen LogP contribution in [0.3, 0.4) is 0 Å². The molecule has 2 aromatic rings. The molecule has 0 radical (unpaired) electrons. The molecule has 0 saturated carbocycles. The van der Waals surface area contributed by atoms with Crippen LogP contribution in [-0.2, 0) is 0 Å². The number of pyridine rings is 2. The first-order valence-electron chi connectivity index (χ1n) is 26.5. The van der Waals surface area contributed by atoms with Gasteiger partial charge in [0.15, 0.2) is 5.82 Å². The first-order valence-corrected chi connectivity index (χ1v) is 27.6. The van der Waals surface area contributed by atoms with Crippen molar-refractivity contribution in [2.45, 2.75) is 6.92 Å². The highest BCUT2D eigenvalue weighted by molar-refractivity contribution is 14.1. The summed E-state index contributed by atoms with van der Waals surface area (Å²) in [6.07, 6.45) is 6.64. The Labute approximate surface area is 631 Å². The van der Waals surface area contributed by atoms with Crippen molar-refractivity contribution in [2.24, 2.45) is 0 Å². The molecule has 2 heterocycles. The van der Waals surface area contributed by atoms with Gasteiger partial charge in [-0.2, -0.15) is 8.78 Å². The fourth-order valence-corrected chi connectivity index (χ4v) is 3.84. The molecule has 7 heteroatoms. The van der Waals surface area contributed by atoms with Gasteiger partial charge in [0.05, 0.1) is 16.0 Å². The molecule has 0 unspecified atom stereocenters. The van der Waals surface area contributed by atoms with Crippen LogP contribution in [0.1, 0.15) is 6.92 Å². The first kappa shape index (κ1) is 85.4. The molecule has 106 heavy (non-hydrogen) atoms. The number of hydrogen-bond donors (Lipinski definition) is 0. The summed E-state index contributed by atoms with van der Waals surface area (Å²) >= 11 is 1.69. The summed E-state index contributed by atoms with van der Waals surface area (Å²) in [5, 5.41) is 0. The van der Waals surface area contributed by atoms with Crippen molar-refractivity contribution in [2.75, 3.05) is 0 Å². The minimum atomic E-state index is -0.661. The molecule has 2 aromatic heterocycles. The van der Waals surface area contributed by atoms with Gasteiger partial charge in [0.25, 0.3) is 0 Å². The number of halogens is 5. The molecule has 0 saturated heterocycles. The maximum absolute atomic E-state index is 12.3. The zero-order valence-corrected chi connectivity index (χ0v) is 55.4. The fraction of sp³-hybridized carbons (Fsp3) is 0.0101. The van der Waals surface area contributed by atoms with E-state index in [1.54, 1.807) is 29.5 Å². The van der Waals surface area contributed by atoms with Gasteiger partial charge in [-0.3, -0.25) is 0 Å². The summed E-state index contributed by atoms with van der Waals surface area (Å²) in [7, 11) is 0. The molecule has 0 atom stereocenters. The smallest absolute Gasteiger partial charge is 0.214 e. The Bertz CT molecular complexity index is 7070. The molecule has 0 aliphatic rings. The molecule has 0 spiro atoms. The van der Waals surface area contributed by atoms with Crippen LogP contribution in [0, 0.1) is 549 Å². The highest BCUT2D eigenvalue weighted by Crippen LogP contribution is 2.08. The molecular weight excluding hydrogens is 1420 g/mol. The van der Waals surface area contributed by atoms with Crippen LogP contribution in [0.15, 0.2) is 30.6 Å².